The number of hydrogen-bond donors (Lipinski definition) is 1. The Hall–Kier alpha value is -1.59. The number of halogens is 1. The molecule has 1 atom stereocenters. The summed E-state index contributed by atoms with van der Waals surface area (Å²) in [6.07, 6.45) is 5.02. The summed E-state index contributed by atoms with van der Waals surface area (Å²) >= 11 is 6.22. The van der Waals surface area contributed by atoms with Gasteiger partial charge in [-0.15, -0.1) is 0 Å². The lowest BCUT2D eigenvalue weighted by molar-refractivity contribution is -0.136. The van der Waals surface area contributed by atoms with Crippen LogP contribution >= 0.6 is 11.6 Å². The number of carbonyl (C=O) groups excluding carboxylic acids is 2. The fourth-order valence-electron chi connectivity index (χ4n) is 3.99. The summed E-state index contributed by atoms with van der Waals surface area (Å²) in [7, 11) is 0. The summed E-state index contributed by atoms with van der Waals surface area (Å²) in [5.41, 5.74) is 0.706. The second-order valence-electron chi connectivity index (χ2n) is 7.81. The fourth-order valence-corrected chi connectivity index (χ4v) is 4.23. The number of carbonyl (C=O) groups is 2. The van der Waals surface area contributed by atoms with Gasteiger partial charge < -0.3 is 15.1 Å². The number of likely N-dealkylation sites (tertiary alicyclic amines) is 1. The molecule has 6 heteroatoms. The van der Waals surface area contributed by atoms with Crippen LogP contribution in [0, 0.1) is 11.8 Å². The molecule has 0 aromatic heterocycles. The van der Waals surface area contributed by atoms with Crippen molar-refractivity contribution in [2.45, 2.75) is 38.1 Å². The molecule has 4 rings (SSSR count). The van der Waals surface area contributed by atoms with Crippen LogP contribution in [0.2, 0.25) is 5.02 Å². The number of hydrogen-bond acceptors (Lipinski definition) is 3. The van der Waals surface area contributed by atoms with Crippen molar-refractivity contribution in [3.8, 4) is 0 Å². The Kier molecular flexibility index (Phi) is 5.18. The molecule has 2 aliphatic heterocycles. The van der Waals surface area contributed by atoms with Crippen LogP contribution in [0.5, 0.6) is 0 Å². The average Bonchev–Trinajstić information content (AvgIpc) is 3.41. The molecule has 2 amide bonds. The van der Waals surface area contributed by atoms with Crippen LogP contribution in [-0.4, -0.2) is 48.9 Å². The van der Waals surface area contributed by atoms with Gasteiger partial charge in [-0.1, -0.05) is 23.7 Å². The third-order valence-corrected chi connectivity index (χ3v) is 6.14. The number of para-hydroxylation sites is 1. The SMILES string of the molecule is O=C(C1CC(=O)N(c2ccccc2Cl)C1)N1CCC(NCC2CC2)CC1. The Morgan fingerprint density at radius 2 is 1.88 bits per heavy atom. The van der Waals surface area contributed by atoms with Crippen molar-refractivity contribution in [3.05, 3.63) is 29.3 Å². The van der Waals surface area contributed by atoms with Gasteiger partial charge in [0.1, 0.15) is 0 Å². The van der Waals surface area contributed by atoms with Crippen molar-refractivity contribution in [1.82, 2.24) is 10.2 Å². The Labute approximate surface area is 159 Å². The van der Waals surface area contributed by atoms with Crippen LogP contribution < -0.4 is 10.2 Å². The Morgan fingerprint density at radius 3 is 2.58 bits per heavy atom. The first kappa shape index (κ1) is 17.8. The monoisotopic (exact) mass is 375 g/mol. The molecule has 140 valence electrons. The van der Waals surface area contributed by atoms with Crippen LogP contribution in [0.25, 0.3) is 0 Å². The summed E-state index contributed by atoms with van der Waals surface area (Å²) in [6.45, 7) is 3.14. The number of nitrogens with one attached hydrogen (secondary N) is 1. The van der Waals surface area contributed by atoms with Crippen molar-refractivity contribution in [2.75, 3.05) is 31.1 Å². The molecule has 26 heavy (non-hydrogen) atoms. The highest BCUT2D eigenvalue weighted by molar-refractivity contribution is 6.33. The van der Waals surface area contributed by atoms with E-state index < -0.39 is 0 Å². The standard InChI is InChI=1S/C20H26ClN3O2/c21-17-3-1-2-4-18(17)24-13-15(11-19(24)25)20(26)23-9-7-16(8-10-23)22-12-14-5-6-14/h1-4,14-16,22H,5-13H2. The number of anilines is 1. The summed E-state index contributed by atoms with van der Waals surface area (Å²) in [5, 5.41) is 4.19. The van der Waals surface area contributed by atoms with Gasteiger partial charge in [-0.2, -0.15) is 0 Å². The number of piperidine rings is 1. The largest absolute Gasteiger partial charge is 0.342 e. The molecule has 1 unspecified atom stereocenters. The van der Waals surface area contributed by atoms with Crippen LogP contribution in [0.3, 0.4) is 0 Å². The molecule has 3 aliphatic rings. The second kappa shape index (κ2) is 7.57. The maximum absolute atomic E-state index is 12.9. The Bertz CT molecular complexity index is 683. The van der Waals surface area contributed by atoms with E-state index in [1.807, 2.05) is 23.1 Å². The molecule has 1 aromatic carbocycles. The van der Waals surface area contributed by atoms with E-state index in [1.54, 1.807) is 11.0 Å². The molecule has 1 aromatic rings. The Morgan fingerprint density at radius 1 is 1.15 bits per heavy atom. The first-order chi connectivity index (χ1) is 12.6. The van der Waals surface area contributed by atoms with Gasteiger partial charge in [-0.25, -0.2) is 0 Å². The lowest BCUT2D eigenvalue weighted by Crippen LogP contribution is -2.47. The lowest BCUT2D eigenvalue weighted by Gasteiger charge is -2.34. The van der Waals surface area contributed by atoms with Crippen molar-refractivity contribution < 1.29 is 9.59 Å². The van der Waals surface area contributed by atoms with Gasteiger partial charge >= 0.3 is 0 Å². The third-order valence-electron chi connectivity index (χ3n) is 5.82. The summed E-state index contributed by atoms with van der Waals surface area (Å²) in [6, 6.07) is 7.85. The first-order valence-corrected chi connectivity index (χ1v) is 10.1. The molecule has 2 heterocycles. The maximum atomic E-state index is 12.9. The van der Waals surface area contributed by atoms with E-state index in [1.165, 1.54) is 12.8 Å². The zero-order valence-corrected chi connectivity index (χ0v) is 15.8. The first-order valence-electron chi connectivity index (χ1n) is 9.69. The average molecular weight is 376 g/mol. The third kappa shape index (κ3) is 3.89. The molecule has 2 saturated heterocycles. The number of benzene rings is 1. The van der Waals surface area contributed by atoms with Crippen molar-refractivity contribution in [3.63, 3.8) is 0 Å². The molecule has 3 fully saturated rings. The molecule has 0 spiro atoms. The maximum Gasteiger partial charge on any atom is 0.228 e. The van der Waals surface area contributed by atoms with Crippen LogP contribution in [0.1, 0.15) is 32.1 Å². The summed E-state index contributed by atoms with van der Waals surface area (Å²) in [4.78, 5) is 28.9. The van der Waals surface area contributed by atoms with E-state index in [-0.39, 0.29) is 24.2 Å². The molecule has 5 nitrogen and oxygen atoms in total. The molecular formula is C20H26ClN3O2. The smallest absolute Gasteiger partial charge is 0.228 e. The van der Waals surface area contributed by atoms with Crippen molar-refractivity contribution in [2.24, 2.45) is 11.8 Å². The van der Waals surface area contributed by atoms with Gasteiger partial charge in [0.05, 0.1) is 16.6 Å². The van der Waals surface area contributed by atoms with Crippen LogP contribution in [0.15, 0.2) is 24.3 Å². The lowest BCUT2D eigenvalue weighted by atomic mass is 10.0. The van der Waals surface area contributed by atoms with Gasteiger partial charge in [-0.05, 0) is 50.3 Å². The molecular weight excluding hydrogens is 350 g/mol. The number of rotatable bonds is 5. The van der Waals surface area contributed by atoms with Gasteiger partial charge in [0.15, 0.2) is 0 Å². The van der Waals surface area contributed by atoms with Crippen molar-refractivity contribution in [1.29, 1.82) is 0 Å². The molecule has 1 aliphatic carbocycles. The predicted octanol–water partition coefficient (Wildman–Crippen LogP) is 2.68. The van der Waals surface area contributed by atoms with Crippen molar-refractivity contribution >= 4 is 29.1 Å². The van der Waals surface area contributed by atoms with Gasteiger partial charge in [-0.3, -0.25) is 9.59 Å². The highest BCUT2D eigenvalue weighted by Crippen LogP contribution is 2.32. The molecule has 1 saturated carbocycles. The summed E-state index contributed by atoms with van der Waals surface area (Å²) < 4.78 is 0. The zero-order chi connectivity index (χ0) is 18.1. The van der Waals surface area contributed by atoms with E-state index in [2.05, 4.69) is 5.32 Å². The van der Waals surface area contributed by atoms with E-state index in [4.69, 9.17) is 11.6 Å². The highest BCUT2D eigenvalue weighted by atomic mass is 35.5. The van der Waals surface area contributed by atoms with E-state index in [0.29, 0.717) is 23.3 Å². The van der Waals surface area contributed by atoms with Gasteiger partial charge in [0.2, 0.25) is 11.8 Å². The quantitative estimate of drug-likeness (QED) is 0.860. The number of nitrogens with zero attached hydrogens (tertiary/aromatic N) is 2. The second-order valence-corrected chi connectivity index (χ2v) is 8.22. The van der Waals surface area contributed by atoms with Crippen LogP contribution in [-0.2, 0) is 9.59 Å². The zero-order valence-electron chi connectivity index (χ0n) is 15.0. The highest BCUT2D eigenvalue weighted by Gasteiger charge is 2.38. The van der Waals surface area contributed by atoms with Crippen LogP contribution in [0.4, 0.5) is 5.69 Å². The Balaban J connectivity index is 1.31. The van der Waals surface area contributed by atoms with E-state index >= 15 is 0 Å². The topological polar surface area (TPSA) is 52.7 Å². The van der Waals surface area contributed by atoms with E-state index in [9.17, 15) is 9.59 Å². The predicted molar refractivity (Wildman–Crippen MR) is 102 cm³/mol. The van der Waals surface area contributed by atoms with Gasteiger partial charge in [0, 0.05) is 32.1 Å². The minimum absolute atomic E-state index is 0.0163. The van der Waals surface area contributed by atoms with E-state index in [0.717, 1.165) is 38.4 Å². The molecule has 1 N–H and O–H groups in total. The summed E-state index contributed by atoms with van der Waals surface area (Å²) in [5.74, 6) is 0.732. The molecule has 0 bridgehead atoms. The minimum Gasteiger partial charge on any atom is -0.342 e. The molecule has 0 radical (unpaired) electrons. The minimum atomic E-state index is -0.255. The van der Waals surface area contributed by atoms with Gasteiger partial charge in [0.25, 0.3) is 0 Å². The fraction of sp³-hybridized carbons (Fsp3) is 0.600. The normalized spacial score (nSPS) is 24.3. The number of amides is 2.